The molecule has 3 unspecified atom stereocenters. The van der Waals surface area contributed by atoms with E-state index in [1.54, 1.807) is 0 Å². The van der Waals surface area contributed by atoms with E-state index in [0.717, 1.165) is 32.4 Å². The summed E-state index contributed by atoms with van der Waals surface area (Å²) in [6, 6.07) is 11.2. The van der Waals surface area contributed by atoms with Crippen molar-refractivity contribution < 1.29 is 4.79 Å². The van der Waals surface area contributed by atoms with Crippen molar-refractivity contribution in [3.8, 4) is 0 Å². The maximum atomic E-state index is 11.9. The predicted octanol–water partition coefficient (Wildman–Crippen LogP) is 1.29. The van der Waals surface area contributed by atoms with E-state index in [0.29, 0.717) is 18.6 Å². The normalized spacial score (nSPS) is 27.9. The van der Waals surface area contributed by atoms with Crippen LogP contribution in [0.5, 0.6) is 0 Å². The molecule has 2 heterocycles. The maximum absolute atomic E-state index is 11.9. The van der Waals surface area contributed by atoms with E-state index >= 15 is 0 Å². The van der Waals surface area contributed by atoms with Gasteiger partial charge in [0.15, 0.2) is 0 Å². The van der Waals surface area contributed by atoms with Crippen LogP contribution in [-0.2, 0) is 4.79 Å². The summed E-state index contributed by atoms with van der Waals surface area (Å²) in [5.41, 5.74) is 7.15. The second-order valence-electron chi connectivity index (χ2n) is 5.80. The van der Waals surface area contributed by atoms with Crippen LogP contribution in [0.15, 0.2) is 30.3 Å². The molecule has 2 aliphatic rings. The standard InChI is InChI=1S/C16H23N3O/c17-9-8-14(12-5-2-1-3-6-12)19-10-4-7-13-15(19)11-18-16(13)20/h1-3,5-6,13-15H,4,7-11,17H2,(H,18,20). The molecule has 108 valence electrons. The number of carbonyl (C=O) groups is 1. The molecule has 4 nitrogen and oxygen atoms in total. The topological polar surface area (TPSA) is 58.4 Å². The van der Waals surface area contributed by atoms with Crippen LogP contribution in [0.25, 0.3) is 0 Å². The van der Waals surface area contributed by atoms with Crippen LogP contribution in [0.4, 0.5) is 0 Å². The van der Waals surface area contributed by atoms with E-state index in [9.17, 15) is 4.79 Å². The van der Waals surface area contributed by atoms with Crippen molar-refractivity contribution in [2.75, 3.05) is 19.6 Å². The van der Waals surface area contributed by atoms with Crippen LogP contribution < -0.4 is 11.1 Å². The van der Waals surface area contributed by atoms with Gasteiger partial charge in [0.2, 0.25) is 5.91 Å². The number of nitrogens with one attached hydrogen (secondary N) is 1. The fraction of sp³-hybridized carbons (Fsp3) is 0.562. The highest BCUT2D eigenvalue weighted by Crippen LogP contribution is 2.35. The van der Waals surface area contributed by atoms with Crippen molar-refractivity contribution in [2.24, 2.45) is 11.7 Å². The van der Waals surface area contributed by atoms with Crippen LogP contribution in [0.3, 0.4) is 0 Å². The van der Waals surface area contributed by atoms with E-state index in [1.165, 1.54) is 5.56 Å². The lowest BCUT2D eigenvalue weighted by Gasteiger charge is -2.41. The number of nitrogens with two attached hydrogens (primary N) is 1. The molecule has 3 N–H and O–H groups in total. The first-order valence-corrected chi connectivity index (χ1v) is 7.59. The second-order valence-corrected chi connectivity index (χ2v) is 5.80. The fourth-order valence-electron chi connectivity index (χ4n) is 3.73. The Kier molecular flexibility index (Phi) is 4.03. The molecular weight excluding hydrogens is 250 g/mol. The van der Waals surface area contributed by atoms with Gasteiger partial charge in [0.1, 0.15) is 0 Å². The highest BCUT2D eigenvalue weighted by molar-refractivity contribution is 5.82. The molecule has 0 aliphatic carbocycles. The van der Waals surface area contributed by atoms with Gasteiger partial charge in [-0.2, -0.15) is 0 Å². The number of amides is 1. The largest absolute Gasteiger partial charge is 0.354 e. The highest BCUT2D eigenvalue weighted by Gasteiger charge is 2.42. The Morgan fingerprint density at radius 2 is 2.15 bits per heavy atom. The highest BCUT2D eigenvalue weighted by atomic mass is 16.2. The van der Waals surface area contributed by atoms with Crippen molar-refractivity contribution in [2.45, 2.75) is 31.3 Å². The van der Waals surface area contributed by atoms with Crippen molar-refractivity contribution >= 4 is 5.91 Å². The van der Waals surface area contributed by atoms with Crippen molar-refractivity contribution in [1.29, 1.82) is 0 Å². The Hall–Kier alpha value is -1.39. The average Bonchev–Trinajstić information content (AvgIpc) is 2.88. The molecule has 4 heteroatoms. The zero-order valence-corrected chi connectivity index (χ0v) is 11.8. The zero-order chi connectivity index (χ0) is 13.9. The van der Waals surface area contributed by atoms with Gasteiger partial charge in [-0.25, -0.2) is 0 Å². The lowest BCUT2D eigenvalue weighted by atomic mass is 9.88. The Labute approximate surface area is 120 Å². The number of nitrogens with zero attached hydrogens (tertiary/aromatic N) is 1. The summed E-state index contributed by atoms with van der Waals surface area (Å²) in [6.07, 6.45) is 3.07. The van der Waals surface area contributed by atoms with Gasteiger partial charge >= 0.3 is 0 Å². The quantitative estimate of drug-likeness (QED) is 0.869. The number of rotatable bonds is 4. The predicted molar refractivity (Wildman–Crippen MR) is 79.1 cm³/mol. The third-order valence-corrected chi connectivity index (χ3v) is 4.67. The first-order valence-electron chi connectivity index (χ1n) is 7.59. The number of piperidine rings is 1. The van der Waals surface area contributed by atoms with Gasteiger partial charge in [-0.1, -0.05) is 30.3 Å². The third kappa shape index (κ3) is 2.45. The molecule has 0 aromatic heterocycles. The molecule has 3 rings (SSSR count). The molecule has 2 saturated heterocycles. The molecule has 0 bridgehead atoms. The minimum atomic E-state index is 0.174. The van der Waals surface area contributed by atoms with Crippen LogP contribution in [0.1, 0.15) is 30.9 Å². The Balaban J connectivity index is 1.85. The summed E-state index contributed by atoms with van der Waals surface area (Å²) in [5.74, 6) is 0.409. The number of hydrogen-bond donors (Lipinski definition) is 2. The third-order valence-electron chi connectivity index (χ3n) is 4.67. The molecule has 1 aromatic carbocycles. The van der Waals surface area contributed by atoms with E-state index in [4.69, 9.17) is 5.73 Å². The Bertz CT molecular complexity index is 462. The fourth-order valence-corrected chi connectivity index (χ4v) is 3.73. The summed E-state index contributed by atoms with van der Waals surface area (Å²) < 4.78 is 0. The van der Waals surface area contributed by atoms with Gasteiger partial charge in [-0.15, -0.1) is 0 Å². The van der Waals surface area contributed by atoms with Gasteiger partial charge in [0.05, 0.1) is 5.92 Å². The lowest BCUT2D eigenvalue weighted by Crippen LogP contribution is -2.47. The van der Waals surface area contributed by atoms with Crippen molar-refractivity contribution in [1.82, 2.24) is 10.2 Å². The maximum Gasteiger partial charge on any atom is 0.224 e. The number of likely N-dealkylation sites (tertiary alicyclic amines) is 1. The van der Waals surface area contributed by atoms with Gasteiger partial charge in [-0.05, 0) is 37.9 Å². The van der Waals surface area contributed by atoms with Crippen molar-refractivity contribution in [3.63, 3.8) is 0 Å². The van der Waals surface area contributed by atoms with Crippen LogP contribution in [0.2, 0.25) is 0 Å². The number of hydrogen-bond acceptors (Lipinski definition) is 3. The van der Waals surface area contributed by atoms with E-state index in [1.807, 2.05) is 6.07 Å². The molecule has 20 heavy (non-hydrogen) atoms. The van der Waals surface area contributed by atoms with Crippen LogP contribution >= 0.6 is 0 Å². The minimum absolute atomic E-state index is 0.174. The summed E-state index contributed by atoms with van der Waals surface area (Å²) in [6.45, 7) is 2.53. The molecule has 0 saturated carbocycles. The first-order chi connectivity index (χ1) is 9.81. The van der Waals surface area contributed by atoms with E-state index in [-0.39, 0.29) is 11.8 Å². The lowest BCUT2D eigenvalue weighted by molar-refractivity contribution is -0.124. The van der Waals surface area contributed by atoms with Crippen molar-refractivity contribution in [3.05, 3.63) is 35.9 Å². The summed E-state index contributed by atoms with van der Waals surface area (Å²) in [5, 5.41) is 3.03. The Morgan fingerprint density at radius 3 is 2.90 bits per heavy atom. The Morgan fingerprint density at radius 1 is 1.35 bits per heavy atom. The molecular formula is C16H23N3O. The van der Waals surface area contributed by atoms with Crippen LogP contribution in [0, 0.1) is 5.92 Å². The summed E-state index contributed by atoms with van der Waals surface area (Å²) >= 11 is 0. The molecule has 1 amide bonds. The number of carbonyl (C=O) groups excluding carboxylic acids is 1. The minimum Gasteiger partial charge on any atom is -0.354 e. The molecule has 0 spiro atoms. The monoisotopic (exact) mass is 273 g/mol. The smallest absolute Gasteiger partial charge is 0.224 e. The van der Waals surface area contributed by atoms with Gasteiger partial charge in [-0.3, -0.25) is 9.69 Å². The zero-order valence-electron chi connectivity index (χ0n) is 11.8. The summed E-state index contributed by atoms with van der Waals surface area (Å²) in [7, 11) is 0. The second kappa shape index (κ2) is 5.94. The number of benzene rings is 1. The molecule has 3 atom stereocenters. The average molecular weight is 273 g/mol. The van der Waals surface area contributed by atoms with Gasteiger partial charge in [0.25, 0.3) is 0 Å². The van der Waals surface area contributed by atoms with E-state index < -0.39 is 0 Å². The molecule has 2 aliphatic heterocycles. The molecule has 1 aromatic rings. The first kappa shape index (κ1) is 13.6. The molecule has 2 fully saturated rings. The van der Waals surface area contributed by atoms with E-state index in [2.05, 4.69) is 34.5 Å². The van der Waals surface area contributed by atoms with Gasteiger partial charge in [0, 0.05) is 18.6 Å². The van der Waals surface area contributed by atoms with Crippen LogP contribution in [-0.4, -0.2) is 36.5 Å². The molecule has 0 radical (unpaired) electrons. The number of fused-ring (bicyclic) bond motifs is 1. The summed E-state index contributed by atoms with van der Waals surface area (Å²) in [4.78, 5) is 14.4. The SMILES string of the molecule is NCCC(c1ccccc1)N1CCCC2C(=O)NCC21. The van der Waals surface area contributed by atoms with Gasteiger partial charge < -0.3 is 11.1 Å².